The van der Waals surface area contributed by atoms with E-state index in [4.69, 9.17) is 10.3 Å². The van der Waals surface area contributed by atoms with Gasteiger partial charge in [-0.2, -0.15) is 5.10 Å². The molecule has 0 saturated carbocycles. The van der Waals surface area contributed by atoms with Crippen LogP contribution in [0.15, 0.2) is 118 Å². The number of hydrazone groups is 1. The number of carbonyl (C=O) groups is 2. The standard InChI is InChI=1S/C21H12O5.C17H19N3O2.C2H6/c22-10-12-1-4-16(13(7-12)11-23)21-17-5-2-14(24)8-19(17)26-20-9-15(25)3-6-18(20)21;1-11(13-5-3-12(4-6-13)10-19-2)17(20-18)15-8-7-14(21)9-16(15)22;1-2/h1-11,24H;3-9,19,21-22H,1,10,18H2,2H3;1-2H3/b;20-17+;. The number of phenols is 3. The van der Waals surface area contributed by atoms with Gasteiger partial charge in [0.25, 0.3) is 0 Å². The van der Waals surface area contributed by atoms with E-state index in [9.17, 15) is 29.7 Å². The first-order chi connectivity index (χ1) is 24.2. The average molecular weight is 672 g/mol. The number of phenolic OH excluding ortho intramolecular Hbond substituents is 3. The summed E-state index contributed by atoms with van der Waals surface area (Å²) < 4.78 is 5.78. The lowest BCUT2D eigenvalue weighted by Gasteiger charge is -2.16. The van der Waals surface area contributed by atoms with Gasteiger partial charge >= 0.3 is 0 Å². The van der Waals surface area contributed by atoms with Crippen molar-refractivity contribution in [3.05, 3.63) is 142 Å². The fourth-order valence-electron chi connectivity index (χ4n) is 5.32. The van der Waals surface area contributed by atoms with Gasteiger partial charge < -0.3 is 30.9 Å². The van der Waals surface area contributed by atoms with E-state index in [-0.39, 0.29) is 22.7 Å². The summed E-state index contributed by atoms with van der Waals surface area (Å²) in [5.41, 5.74) is 6.28. The summed E-state index contributed by atoms with van der Waals surface area (Å²) in [6.07, 6.45) is 1.36. The summed E-state index contributed by atoms with van der Waals surface area (Å²) in [5, 5.41) is 36.6. The highest BCUT2D eigenvalue weighted by Crippen LogP contribution is 2.41. The number of rotatable bonds is 8. The maximum absolute atomic E-state index is 11.7. The first kappa shape index (κ1) is 36.3. The van der Waals surface area contributed by atoms with E-state index in [1.165, 1.54) is 42.5 Å². The summed E-state index contributed by atoms with van der Waals surface area (Å²) in [6, 6.07) is 26.0. The number of allylic oxidation sites excluding steroid dienone is 1. The van der Waals surface area contributed by atoms with Crippen molar-refractivity contribution in [1.29, 1.82) is 0 Å². The molecular formula is C40H37N3O7. The highest BCUT2D eigenvalue weighted by atomic mass is 16.3. The molecule has 1 heterocycles. The molecule has 0 amide bonds. The molecule has 0 spiro atoms. The lowest BCUT2D eigenvalue weighted by molar-refractivity contribution is 0.112. The number of benzene rings is 5. The Hall–Kier alpha value is -6.52. The zero-order valence-electron chi connectivity index (χ0n) is 27.8. The highest BCUT2D eigenvalue weighted by molar-refractivity contribution is 6.32. The summed E-state index contributed by atoms with van der Waals surface area (Å²) in [7, 11) is 1.89. The molecule has 0 fully saturated rings. The molecule has 1 aliphatic heterocycles. The van der Waals surface area contributed by atoms with Crippen LogP contribution in [0.4, 0.5) is 0 Å². The van der Waals surface area contributed by atoms with Gasteiger partial charge in [-0.1, -0.05) is 56.8 Å². The van der Waals surface area contributed by atoms with E-state index >= 15 is 0 Å². The molecule has 0 aromatic heterocycles. The number of carbonyl (C=O) groups excluding carboxylic acids is 2. The molecule has 0 radical (unpaired) electrons. The highest BCUT2D eigenvalue weighted by Gasteiger charge is 2.20. The number of hydrogen-bond acceptors (Lipinski definition) is 10. The van der Waals surface area contributed by atoms with Crippen LogP contribution in [0.1, 0.15) is 51.3 Å². The summed E-state index contributed by atoms with van der Waals surface area (Å²) in [4.78, 5) is 34.4. The Balaban J connectivity index is 0.000000217. The van der Waals surface area contributed by atoms with Crippen molar-refractivity contribution >= 4 is 34.8 Å². The Morgan fingerprint density at radius 1 is 0.840 bits per heavy atom. The Bertz CT molecular complexity index is 2220. The lowest BCUT2D eigenvalue weighted by atomic mass is 9.90. The number of nitrogens with two attached hydrogens (primary N) is 1. The number of hydrogen-bond donors (Lipinski definition) is 5. The Morgan fingerprint density at radius 2 is 1.52 bits per heavy atom. The Kier molecular flexibility index (Phi) is 12.0. The van der Waals surface area contributed by atoms with Crippen molar-refractivity contribution in [3.63, 3.8) is 0 Å². The first-order valence-electron chi connectivity index (χ1n) is 15.6. The second-order valence-electron chi connectivity index (χ2n) is 10.8. The van der Waals surface area contributed by atoms with Crippen LogP contribution < -0.4 is 16.6 Å². The van der Waals surface area contributed by atoms with Crippen molar-refractivity contribution < 1.29 is 29.3 Å². The topological polar surface area (TPSA) is 175 Å². The Morgan fingerprint density at radius 3 is 2.16 bits per heavy atom. The molecule has 0 unspecified atom stereocenters. The first-order valence-corrected chi connectivity index (χ1v) is 15.6. The monoisotopic (exact) mass is 671 g/mol. The molecule has 2 aliphatic rings. The van der Waals surface area contributed by atoms with Gasteiger partial charge in [-0.3, -0.25) is 14.4 Å². The predicted octanol–water partition coefficient (Wildman–Crippen LogP) is 7.12. The van der Waals surface area contributed by atoms with Crippen LogP contribution in [0.2, 0.25) is 0 Å². The zero-order valence-corrected chi connectivity index (χ0v) is 27.8. The molecular weight excluding hydrogens is 634 g/mol. The smallest absolute Gasteiger partial charge is 0.182 e. The summed E-state index contributed by atoms with van der Waals surface area (Å²) >= 11 is 0. The van der Waals surface area contributed by atoms with Crippen molar-refractivity contribution in [2.45, 2.75) is 20.4 Å². The van der Waals surface area contributed by atoms with Gasteiger partial charge in [0.2, 0.25) is 0 Å². The second kappa shape index (κ2) is 16.5. The quantitative estimate of drug-likeness (QED) is 0.0371. The van der Waals surface area contributed by atoms with Crippen LogP contribution in [-0.2, 0) is 6.54 Å². The van der Waals surface area contributed by atoms with Crippen LogP contribution in [0.3, 0.4) is 0 Å². The van der Waals surface area contributed by atoms with Gasteiger partial charge in [0.05, 0.1) is 0 Å². The molecule has 4 aromatic carbocycles. The maximum Gasteiger partial charge on any atom is 0.182 e. The largest absolute Gasteiger partial charge is 0.508 e. The minimum Gasteiger partial charge on any atom is -0.508 e. The SMILES string of the molecule is C=C(/C(=N\N)c1ccc(O)cc1O)c1ccc(CNC)cc1.CC.O=Cc1ccc(-c2c3ccc(=O)cc-3oc3cc(O)ccc23)c(C=O)c1. The van der Waals surface area contributed by atoms with Crippen LogP contribution in [0.5, 0.6) is 17.2 Å². The van der Waals surface area contributed by atoms with Crippen LogP contribution in [0.25, 0.3) is 39.0 Å². The molecule has 254 valence electrons. The third-order valence-corrected chi connectivity index (χ3v) is 7.62. The second-order valence-corrected chi connectivity index (χ2v) is 10.8. The third-order valence-electron chi connectivity index (χ3n) is 7.62. The van der Waals surface area contributed by atoms with Gasteiger partial charge in [0.1, 0.15) is 40.6 Å². The molecule has 10 nitrogen and oxygen atoms in total. The van der Waals surface area contributed by atoms with Crippen molar-refractivity contribution in [2.24, 2.45) is 10.9 Å². The van der Waals surface area contributed by atoms with Crippen LogP contribution in [-0.4, -0.2) is 40.7 Å². The number of nitrogens with zero attached hydrogens (tertiary/aromatic N) is 1. The molecule has 50 heavy (non-hydrogen) atoms. The normalized spacial score (nSPS) is 10.8. The fraction of sp³-hybridized carbons (Fsp3) is 0.100. The number of nitrogens with one attached hydrogen (secondary N) is 1. The molecule has 0 atom stereocenters. The van der Waals surface area contributed by atoms with Gasteiger partial charge in [-0.25, -0.2) is 0 Å². The maximum atomic E-state index is 11.7. The molecule has 0 saturated heterocycles. The van der Waals surface area contributed by atoms with Gasteiger partial charge in [-0.15, -0.1) is 0 Å². The summed E-state index contributed by atoms with van der Waals surface area (Å²) in [5.74, 6) is 5.72. The van der Waals surface area contributed by atoms with E-state index in [0.29, 0.717) is 74.0 Å². The van der Waals surface area contributed by atoms with Gasteiger partial charge in [-0.05, 0) is 66.2 Å². The molecule has 0 bridgehead atoms. The number of aldehydes is 2. The molecule has 6 N–H and O–H groups in total. The van der Waals surface area contributed by atoms with Gasteiger partial charge in [0, 0.05) is 63.5 Å². The van der Waals surface area contributed by atoms with Crippen molar-refractivity contribution in [1.82, 2.24) is 5.32 Å². The number of aromatic hydroxyl groups is 3. The van der Waals surface area contributed by atoms with Crippen LogP contribution in [0, 0.1) is 0 Å². The van der Waals surface area contributed by atoms with Crippen LogP contribution >= 0.6 is 0 Å². The van der Waals surface area contributed by atoms with E-state index < -0.39 is 0 Å². The minimum absolute atomic E-state index is 0.0248. The summed E-state index contributed by atoms with van der Waals surface area (Å²) in [6.45, 7) is 8.79. The van der Waals surface area contributed by atoms with E-state index in [2.05, 4.69) is 17.0 Å². The number of fused-ring (bicyclic) bond motifs is 2. The van der Waals surface area contributed by atoms with Crippen molar-refractivity contribution in [3.8, 4) is 39.7 Å². The van der Waals surface area contributed by atoms with Gasteiger partial charge in [0.15, 0.2) is 11.7 Å². The predicted molar refractivity (Wildman–Crippen MR) is 197 cm³/mol. The molecule has 10 heteroatoms. The zero-order chi connectivity index (χ0) is 36.4. The molecule has 6 rings (SSSR count). The Labute approximate surface area is 288 Å². The molecule has 1 aliphatic carbocycles. The average Bonchev–Trinajstić information content (AvgIpc) is 3.13. The van der Waals surface area contributed by atoms with Crippen molar-refractivity contribution in [2.75, 3.05) is 7.05 Å². The third kappa shape index (κ3) is 7.95. The molecule has 4 aromatic rings. The van der Waals surface area contributed by atoms with E-state index in [0.717, 1.165) is 17.7 Å². The lowest BCUT2D eigenvalue weighted by Crippen LogP contribution is -2.08. The van der Waals surface area contributed by atoms with E-state index in [1.807, 2.05) is 45.2 Å². The fourth-order valence-corrected chi connectivity index (χ4v) is 5.32. The minimum atomic E-state index is -0.210. The van der Waals surface area contributed by atoms with E-state index in [1.54, 1.807) is 30.3 Å².